The number of halogens is 1. The number of hydrogen-bond donors (Lipinski definition) is 0. The van der Waals surface area contributed by atoms with Gasteiger partial charge in [-0.25, -0.2) is 0 Å². The number of hydrogen-bond acceptors (Lipinski definition) is 2. The van der Waals surface area contributed by atoms with Gasteiger partial charge < -0.3 is 4.74 Å². The predicted molar refractivity (Wildman–Crippen MR) is 37.3 cm³/mol. The van der Waals surface area contributed by atoms with E-state index >= 15 is 0 Å². The van der Waals surface area contributed by atoms with Crippen LogP contribution in [0.2, 0.25) is 0 Å². The van der Waals surface area contributed by atoms with Crippen molar-refractivity contribution in [1.29, 1.82) is 0 Å². The Balaban J connectivity index is 0. The summed E-state index contributed by atoms with van der Waals surface area (Å²) in [6.45, 7) is 3.11. The third-order valence-corrected chi connectivity index (χ3v) is 0.515. The molecule has 0 aromatic carbocycles. The van der Waals surface area contributed by atoms with Crippen molar-refractivity contribution >= 4 is 51.5 Å². The van der Waals surface area contributed by atoms with E-state index in [0.29, 0.717) is 0 Å². The van der Waals surface area contributed by atoms with Crippen molar-refractivity contribution in [2.24, 2.45) is 0 Å². The fourth-order valence-electron chi connectivity index (χ4n) is 0.229. The molecule has 0 saturated carbocycles. The van der Waals surface area contributed by atoms with Crippen molar-refractivity contribution in [2.45, 2.75) is 18.9 Å². The number of carbonyl (C=O) groups is 1. The summed E-state index contributed by atoms with van der Waals surface area (Å²) in [5.41, 5.74) is 0. The summed E-state index contributed by atoms with van der Waals surface area (Å²) in [4.78, 5) is 10.0. The molecule has 0 aliphatic heterocycles. The molecule has 8 heavy (non-hydrogen) atoms. The zero-order valence-electron chi connectivity index (χ0n) is 4.27. The number of rotatable bonds is 1. The fourth-order valence-corrected chi connectivity index (χ4v) is 0.492. The molecule has 0 aromatic rings. The molecule has 1 unspecified atom stereocenters. The number of esters is 1. The van der Waals surface area contributed by atoms with Gasteiger partial charge in [-0.3, -0.25) is 4.79 Å². The minimum absolute atomic E-state index is 0. The van der Waals surface area contributed by atoms with Gasteiger partial charge in [0, 0.05) is 6.92 Å². The van der Waals surface area contributed by atoms with Gasteiger partial charge in [-0.2, -0.15) is 0 Å². The Morgan fingerprint density at radius 3 is 2.12 bits per heavy atom. The molecule has 0 saturated heterocycles. The Morgan fingerprint density at radius 1 is 1.75 bits per heavy atom. The van der Waals surface area contributed by atoms with Crippen molar-refractivity contribution in [3.8, 4) is 0 Å². The van der Waals surface area contributed by atoms with E-state index in [-0.39, 0.29) is 40.5 Å². The van der Waals surface area contributed by atoms with Crippen molar-refractivity contribution in [2.75, 3.05) is 0 Å². The van der Waals surface area contributed by atoms with Gasteiger partial charge in [0.15, 0.2) is 5.01 Å². The first-order valence-corrected chi connectivity index (χ1v) is 2.86. The molecular weight excluding hydrogens is 183 g/mol. The number of alkyl halides is 1. The van der Waals surface area contributed by atoms with E-state index < -0.39 is 0 Å². The normalized spacial score (nSPS) is 11.4. The SMILES string of the molecule is CC(=O)OC(C)Br.[NaH]. The average Bonchev–Trinajstić information content (AvgIpc) is 1.27. The summed E-state index contributed by atoms with van der Waals surface area (Å²) in [7, 11) is 0. The van der Waals surface area contributed by atoms with Gasteiger partial charge in [0.05, 0.1) is 0 Å². The summed E-state index contributed by atoms with van der Waals surface area (Å²) in [6.07, 6.45) is 0. The molecular formula is C4H8BrNaO2. The van der Waals surface area contributed by atoms with Crippen molar-refractivity contribution in [3.63, 3.8) is 0 Å². The van der Waals surface area contributed by atoms with Gasteiger partial charge in [0.2, 0.25) is 0 Å². The molecule has 0 bridgehead atoms. The molecule has 0 amide bonds. The van der Waals surface area contributed by atoms with E-state index in [1.54, 1.807) is 6.92 Å². The van der Waals surface area contributed by atoms with Crippen LogP contribution in [0.15, 0.2) is 0 Å². The molecule has 0 aliphatic carbocycles. The van der Waals surface area contributed by atoms with Gasteiger partial charge in [0.1, 0.15) is 0 Å². The summed E-state index contributed by atoms with van der Waals surface area (Å²) in [5.74, 6) is -0.260. The Morgan fingerprint density at radius 2 is 2.12 bits per heavy atom. The maximum absolute atomic E-state index is 10.0. The first-order chi connectivity index (χ1) is 3.13. The fraction of sp³-hybridized carbons (Fsp3) is 0.750. The second-order valence-electron chi connectivity index (χ2n) is 1.15. The number of carbonyl (C=O) groups excluding carboxylic acids is 1. The molecule has 4 heteroatoms. The van der Waals surface area contributed by atoms with Crippen LogP contribution in [0.3, 0.4) is 0 Å². The Labute approximate surface area is 79.4 Å². The van der Waals surface area contributed by atoms with E-state index in [2.05, 4.69) is 20.7 Å². The molecule has 1 atom stereocenters. The first kappa shape index (κ1) is 11.7. The van der Waals surface area contributed by atoms with Crippen LogP contribution >= 0.6 is 15.9 Å². The van der Waals surface area contributed by atoms with E-state index in [9.17, 15) is 4.79 Å². The van der Waals surface area contributed by atoms with Crippen LogP contribution < -0.4 is 0 Å². The van der Waals surface area contributed by atoms with E-state index in [4.69, 9.17) is 0 Å². The Bertz CT molecular complexity index is 74.4. The monoisotopic (exact) mass is 190 g/mol. The summed E-state index contributed by atoms with van der Waals surface area (Å²) >= 11 is 3.03. The molecule has 0 aliphatic rings. The minimum atomic E-state index is -0.260. The molecule has 0 N–H and O–H groups in total. The molecule has 2 nitrogen and oxygen atoms in total. The van der Waals surface area contributed by atoms with Gasteiger partial charge in [-0.1, -0.05) is 0 Å². The van der Waals surface area contributed by atoms with Gasteiger partial charge in [0.25, 0.3) is 0 Å². The second kappa shape index (κ2) is 6.08. The van der Waals surface area contributed by atoms with Gasteiger partial charge in [-0.15, -0.1) is 0 Å². The molecule has 0 spiro atoms. The molecule has 0 rings (SSSR count). The third kappa shape index (κ3) is 10.0. The molecule has 0 heterocycles. The summed E-state index contributed by atoms with van der Waals surface area (Å²) < 4.78 is 4.53. The second-order valence-corrected chi connectivity index (χ2v) is 2.44. The van der Waals surface area contributed by atoms with Crippen molar-refractivity contribution < 1.29 is 9.53 Å². The zero-order chi connectivity index (χ0) is 5.86. The van der Waals surface area contributed by atoms with Crippen molar-refractivity contribution in [3.05, 3.63) is 0 Å². The van der Waals surface area contributed by atoms with Crippen LogP contribution in [0.4, 0.5) is 0 Å². The number of ether oxygens (including phenoxy) is 1. The average molecular weight is 191 g/mol. The third-order valence-electron chi connectivity index (χ3n) is 0.328. The van der Waals surface area contributed by atoms with E-state index in [1.807, 2.05) is 0 Å². The van der Waals surface area contributed by atoms with Crippen LogP contribution in [-0.2, 0) is 9.53 Å². The first-order valence-electron chi connectivity index (χ1n) is 1.94. The summed E-state index contributed by atoms with van der Waals surface area (Å²) in [5, 5.41) is -0.162. The molecule has 0 radical (unpaired) electrons. The molecule has 0 aromatic heterocycles. The Kier molecular flexibility index (Phi) is 8.89. The van der Waals surface area contributed by atoms with Crippen LogP contribution in [-0.4, -0.2) is 40.5 Å². The molecule has 44 valence electrons. The summed E-state index contributed by atoms with van der Waals surface area (Å²) in [6, 6.07) is 0. The predicted octanol–water partition coefficient (Wildman–Crippen LogP) is 0.642. The van der Waals surface area contributed by atoms with Crippen LogP contribution in [0.25, 0.3) is 0 Å². The molecule has 0 fully saturated rings. The topological polar surface area (TPSA) is 26.3 Å². The van der Waals surface area contributed by atoms with Crippen molar-refractivity contribution in [1.82, 2.24) is 0 Å². The van der Waals surface area contributed by atoms with Gasteiger partial charge in [-0.05, 0) is 22.9 Å². The van der Waals surface area contributed by atoms with E-state index in [0.717, 1.165) is 0 Å². The van der Waals surface area contributed by atoms with E-state index in [1.165, 1.54) is 6.92 Å². The van der Waals surface area contributed by atoms with Crippen LogP contribution in [0.1, 0.15) is 13.8 Å². The maximum atomic E-state index is 10.0. The Hall–Kier alpha value is 0.950. The van der Waals surface area contributed by atoms with Crippen LogP contribution in [0.5, 0.6) is 0 Å². The zero-order valence-corrected chi connectivity index (χ0v) is 5.86. The standard InChI is InChI=1S/C4H7BrO2.Na.H/c1-3(5)7-4(2)6;;/h3H,1-2H3;;. The quantitative estimate of drug-likeness (QED) is 0.345. The van der Waals surface area contributed by atoms with Crippen LogP contribution in [0, 0.1) is 0 Å². The van der Waals surface area contributed by atoms with Gasteiger partial charge >= 0.3 is 35.5 Å².